The highest BCUT2D eigenvalue weighted by molar-refractivity contribution is 6.31. The molecule has 0 spiro atoms. The van der Waals surface area contributed by atoms with Crippen LogP contribution in [0.25, 0.3) is 17.1 Å². The van der Waals surface area contributed by atoms with Gasteiger partial charge in [-0.2, -0.15) is 5.10 Å². The van der Waals surface area contributed by atoms with Crippen molar-refractivity contribution in [2.24, 2.45) is 0 Å². The van der Waals surface area contributed by atoms with Crippen LogP contribution in [0.1, 0.15) is 35.7 Å². The molecule has 1 saturated heterocycles. The molecule has 162 valence electrons. The number of nitrogen functional groups attached to an aromatic ring is 1. The molecule has 11 heteroatoms. The van der Waals surface area contributed by atoms with Gasteiger partial charge in [0.2, 0.25) is 0 Å². The minimum Gasteiger partial charge on any atom is -0.496 e. The van der Waals surface area contributed by atoms with Gasteiger partial charge in [0.15, 0.2) is 5.65 Å². The number of rotatable bonds is 5. The Bertz CT molecular complexity index is 1210. The van der Waals surface area contributed by atoms with Crippen molar-refractivity contribution in [3.8, 4) is 5.75 Å². The van der Waals surface area contributed by atoms with Gasteiger partial charge in [-0.25, -0.2) is 23.8 Å². The third-order valence-electron chi connectivity index (χ3n) is 5.56. The molecule has 9 nitrogen and oxygen atoms in total. The second kappa shape index (κ2) is 7.69. The van der Waals surface area contributed by atoms with E-state index in [1.165, 1.54) is 24.4 Å². The van der Waals surface area contributed by atoms with Crippen LogP contribution in [-0.2, 0) is 0 Å². The maximum absolute atomic E-state index is 15.0. The molecule has 1 fully saturated rings. The molecule has 0 bridgehead atoms. The van der Waals surface area contributed by atoms with Crippen molar-refractivity contribution < 1.29 is 19.0 Å². The molecule has 4 rings (SSSR count). The third-order valence-corrected chi connectivity index (χ3v) is 5.83. The van der Waals surface area contributed by atoms with E-state index >= 15 is 4.39 Å². The summed E-state index contributed by atoms with van der Waals surface area (Å²) in [5.74, 6) is -0.415. The molecular formula is C20H20ClFN6O3. The summed E-state index contributed by atoms with van der Waals surface area (Å²) >= 11 is 6.23. The molecule has 1 unspecified atom stereocenters. The Morgan fingerprint density at radius 3 is 2.81 bits per heavy atom. The molecule has 3 aromatic rings. The fourth-order valence-corrected chi connectivity index (χ4v) is 4.16. The molecule has 1 amide bonds. The first-order chi connectivity index (χ1) is 14.8. The van der Waals surface area contributed by atoms with E-state index in [9.17, 15) is 4.79 Å². The first-order valence-electron chi connectivity index (χ1n) is 9.43. The highest BCUT2D eigenvalue weighted by Gasteiger charge is 2.37. The minimum absolute atomic E-state index is 0.0824. The van der Waals surface area contributed by atoms with E-state index in [1.807, 2.05) is 6.92 Å². The number of ether oxygens (including phenoxy) is 1. The van der Waals surface area contributed by atoms with Crippen molar-refractivity contribution in [1.82, 2.24) is 24.6 Å². The molecule has 0 aliphatic carbocycles. The van der Waals surface area contributed by atoms with Gasteiger partial charge < -0.3 is 20.5 Å². The molecule has 0 radical (unpaired) electrons. The molecule has 3 heterocycles. The number of nitrogens with two attached hydrogens (primary N) is 1. The maximum atomic E-state index is 15.0. The monoisotopic (exact) mass is 446 g/mol. The largest absolute Gasteiger partial charge is 0.496 e. The summed E-state index contributed by atoms with van der Waals surface area (Å²) in [5.41, 5.74) is 7.85. The van der Waals surface area contributed by atoms with Crippen molar-refractivity contribution in [2.75, 3.05) is 25.9 Å². The summed E-state index contributed by atoms with van der Waals surface area (Å²) in [5, 5.41) is 14.2. The number of likely N-dealkylation sites (tertiary alicyclic amines) is 1. The zero-order valence-corrected chi connectivity index (χ0v) is 17.6. The van der Waals surface area contributed by atoms with Gasteiger partial charge in [-0.3, -0.25) is 0 Å². The summed E-state index contributed by atoms with van der Waals surface area (Å²) in [6.45, 7) is 5.93. The van der Waals surface area contributed by atoms with Gasteiger partial charge in [-0.1, -0.05) is 18.2 Å². The van der Waals surface area contributed by atoms with Crippen molar-refractivity contribution in [2.45, 2.75) is 18.9 Å². The van der Waals surface area contributed by atoms with E-state index < -0.39 is 18.0 Å². The Balaban J connectivity index is 1.86. The van der Waals surface area contributed by atoms with Gasteiger partial charge >= 0.3 is 6.09 Å². The van der Waals surface area contributed by atoms with Crippen LogP contribution in [-0.4, -0.2) is 56.0 Å². The number of fused-ring (bicyclic) bond motifs is 1. The number of aromatic nitrogens is 4. The van der Waals surface area contributed by atoms with Crippen LogP contribution >= 0.6 is 11.6 Å². The Morgan fingerprint density at radius 1 is 1.48 bits per heavy atom. The second-order valence-corrected chi connectivity index (χ2v) is 7.67. The number of nitrogens with zero attached hydrogens (tertiary/aromatic N) is 5. The zero-order chi connectivity index (χ0) is 22.4. The lowest BCUT2D eigenvalue weighted by molar-refractivity contribution is 0.103. The van der Waals surface area contributed by atoms with Crippen LogP contribution < -0.4 is 10.5 Å². The highest BCUT2D eigenvalue weighted by atomic mass is 35.5. The molecule has 2 aromatic heterocycles. The van der Waals surface area contributed by atoms with Crippen LogP contribution in [0.2, 0.25) is 5.02 Å². The number of amides is 1. The van der Waals surface area contributed by atoms with Gasteiger partial charge in [0.1, 0.15) is 23.7 Å². The predicted octanol–water partition coefficient (Wildman–Crippen LogP) is 3.54. The van der Waals surface area contributed by atoms with Gasteiger partial charge in [-0.05, 0) is 19.1 Å². The fraction of sp³-hybridized carbons (Fsp3) is 0.300. The first kappa shape index (κ1) is 20.9. The van der Waals surface area contributed by atoms with Crippen molar-refractivity contribution in [1.29, 1.82) is 0 Å². The van der Waals surface area contributed by atoms with Crippen LogP contribution in [0.5, 0.6) is 5.75 Å². The topological polar surface area (TPSA) is 119 Å². The predicted molar refractivity (Wildman–Crippen MR) is 114 cm³/mol. The van der Waals surface area contributed by atoms with Gasteiger partial charge in [0, 0.05) is 30.1 Å². The van der Waals surface area contributed by atoms with Crippen LogP contribution in [0.15, 0.2) is 19.0 Å². The molecular weight excluding hydrogens is 427 g/mol. The number of methoxy groups -OCH3 is 1. The average molecular weight is 447 g/mol. The Labute approximate surface area is 181 Å². The number of carboxylic acid groups (broad SMARTS) is 1. The van der Waals surface area contributed by atoms with E-state index in [0.717, 1.165) is 0 Å². The van der Waals surface area contributed by atoms with Crippen molar-refractivity contribution in [3.63, 3.8) is 0 Å². The number of hydrogen-bond donors (Lipinski definition) is 2. The summed E-state index contributed by atoms with van der Waals surface area (Å²) in [4.78, 5) is 20.7. The number of halogens is 2. The second-order valence-electron chi connectivity index (χ2n) is 7.26. The normalized spacial score (nSPS) is 15.0. The van der Waals surface area contributed by atoms with Crippen LogP contribution in [0.4, 0.5) is 15.0 Å². The van der Waals surface area contributed by atoms with E-state index in [1.54, 1.807) is 10.8 Å². The molecule has 1 aromatic carbocycles. The van der Waals surface area contributed by atoms with Crippen molar-refractivity contribution >= 4 is 40.6 Å². The quantitative estimate of drug-likeness (QED) is 0.615. The van der Waals surface area contributed by atoms with E-state index in [2.05, 4.69) is 21.6 Å². The lowest BCUT2D eigenvalue weighted by atomic mass is 9.88. The SMILES string of the molecule is C=Cc1nn(C(C)c2cc(Cl)c(F)c(C3CN(C(=O)O)C3)c2OC)c2ncnc(N)c12. The maximum Gasteiger partial charge on any atom is 0.407 e. The van der Waals surface area contributed by atoms with E-state index in [0.29, 0.717) is 28.0 Å². The lowest BCUT2D eigenvalue weighted by Gasteiger charge is -2.38. The van der Waals surface area contributed by atoms with Gasteiger partial charge in [0.25, 0.3) is 0 Å². The zero-order valence-electron chi connectivity index (χ0n) is 16.8. The molecule has 0 saturated carbocycles. The number of benzene rings is 1. The third kappa shape index (κ3) is 3.23. The number of anilines is 1. The van der Waals surface area contributed by atoms with Crippen LogP contribution in [0, 0.1) is 5.82 Å². The number of hydrogen-bond acceptors (Lipinski definition) is 6. The smallest absolute Gasteiger partial charge is 0.407 e. The molecule has 31 heavy (non-hydrogen) atoms. The Hall–Kier alpha value is -3.40. The van der Waals surface area contributed by atoms with Crippen molar-refractivity contribution in [3.05, 3.63) is 46.6 Å². The Morgan fingerprint density at radius 2 is 2.19 bits per heavy atom. The highest BCUT2D eigenvalue weighted by Crippen LogP contribution is 2.43. The van der Waals surface area contributed by atoms with Gasteiger partial charge in [-0.15, -0.1) is 0 Å². The van der Waals surface area contributed by atoms with E-state index in [4.69, 9.17) is 27.2 Å². The summed E-state index contributed by atoms with van der Waals surface area (Å²) in [7, 11) is 1.44. The molecule has 1 atom stereocenters. The number of carbonyl (C=O) groups is 1. The summed E-state index contributed by atoms with van der Waals surface area (Å²) in [6.07, 6.45) is 1.84. The standard InChI is InChI=1S/C20H20ClFN6O3/c1-4-13-15-18(23)24-8-25-19(15)28(26-13)9(2)11-5-12(21)16(22)14(17(11)31-3)10-6-27(7-10)20(29)30/h4-5,8-10H,1,6-7H2,2-3H3,(H,29,30)(H2,23,24,25). The summed E-state index contributed by atoms with van der Waals surface area (Å²) < 4.78 is 22.2. The summed E-state index contributed by atoms with van der Waals surface area (Å²) in [6, 6.07) is 1.02. The minimum atomic E-state index is -1.05. The Kier molecular flexibility index (Phi) is 5.18. The van der Waals surface area contributed by atoms with Crippen LogP contribution in [0.3, 0.4) is 0 Å². The molecule has 3 N–H and O–H groups in total. The average Bonchev–Trinajstić information content (AvgIpc) is 3.09. The molecule has 1 aliphatic heterocycles. The van der Waals surface area contributed by atoms with Gasteiger partial charge in [0.05, 0.1) is 29.3 Å². The van der Waals surface area contributed by atoms with E-state index in [-0.39, 0.29) is 35.4 Å². The first-order valence-corrected chi connectivity index (χ1v) is 9.81. The lowest BCUT2D eigenvalue weighted by Crippen LogP contribution is -2.48. The molecule has 1 aliphatic rings. The fourth-order valence-electron chi connectivity index (χ4n) is 3.94.